The Bertz CT molecular complexity index is 1070. The van der Waals surface area contributed by atoms with Crippen molar-refractivity contribution < 1.29 is 19.4 Å². The second-order valence-corrected chi connectivity index (χ2v) is 9.50. The highest BCUT2D eigenvalue weighted by Gasteiger charge is 2.40. The van der Waals surface area contributed by atoms with E-state index in [0.29, 0.717) is 37.3 Å². The monoisotopic (exact) mass is 469 g/mol. The molecule has 1 atom stereocenters. The summed E-state index contributed by atoms with van der Waals surface area (Å²) >= 11 is 0. The van der Waals surface area contributed by atoms with Crippen LogP contribution in [0.1, 0.15) is 69.1 Å². The maximum absolute atomic E-state index is 12.5. The fourth-order valence-corrected chi connectivity index (χ4v) is 3.82. The fourth-order valence-electron chi connectivity index (χ4n) is 3.82. The number of nitrogens with one attached hydrogen (secondary N) is 1. The van der Waals surface area contributed by atoms with Crippen molar-refractivity contribution in [3.63, 3.8) is 0 Å². The minimum Gasteiger partial charge on any atom is -0.444 e. The molecule has 11 nitrogen and oxygen atoms in total. The van der Waals surface area contributed by atoms with Crippen molar-refractivity contribution in [3.8, 4) is 6.07 Å². The van der Waals surface area contributed by atoms with Crippen molar-refractivity contribution in [2.75, 3.05) is 18.4 Å². The van der Waals surface area contributed by atoms with E-state index < -0.39 is 29.2 Å². The van der Waals surface area contributed by atoms with Crippen LogP contribution >= 0.6 is 0 Å². The maximum Gasteiger partial charge on any atom is 0.410 e. The van der Waals surface area contributed by atoms with Crippen LogP contribution < -0.4 is 11.1 Å². The minimum absolute atomic E-state index is 0.152. The Morgan fingerprint density at radius 2 is 2.03 bits per heavy atom. The van der Waals surface area contributed by atoms with Crippen molar-refractivity contribution >= 4 is 23.5 Å². The van der Waals surface area contributed by atoms with Crippen LogP contribution in [0.25, 0.3) is 0 Å². The average molecular weight is 470 g/mol. The number of pyridine rings is 1. The standard InChI is InChI=1S/C23H31N7O4/c1-15(31)18-6-5-16(13-26-18)27-20-17(19(25)32)14-30(28-20)23(7-10-24)8-11-29(12-9-23)21(33)34-22(2,3)4/h5-6,13-15,31H,7-9,11-12H2,1-4H3,(H2,25,32)(H,27,28). The number of likely N-dealkylation sites (tertiary alicyclic amines) is 1. The minimum atomic E-state index is -0.703. The Morgan fingerprint density at radius 3 is 2.53 bits per heavy atom. The largest absolute Gasteiger partial charge is 0.444 e. The first-order valence-electron chi connectivity index (χ1n) is 11.1. The van der Waals surface area contributed by atoms with Crippen molar-refractivity contribution in [2.24, 2.45) is 5.73 Å². The van der Waals surface area contributed by atoms with Gasteiger partial charge in [-0.05, 0) is 52.7 Å². The Balaban J connectivity index is 1.84. The number of aliphatic hydroxyl groups is 1. The summed E-state index contributed by atoms with van der Waals surface area (Å²) in [5.41, 5.74) is 5.54. The van der Waals surface area contributed by atoms with Gasteiger partial charge in [0.25, 0.3) is 5.91 Å². The van der Waals surface area contributed by atoms with Crippen LogP contribution in [0.5, 0.6) is 0 Å². The number of nitrogens with zero attached hydrogens (tertiary/aromatic N) is 5. The van der Waals surface area contributed by atoms with Crippen LogP contribution in [0.3, 0.4) is 0 Å². The van der Waals surface area contributed by atoms with Gasteiger partial charge in [-0.15, -0.1) is 0 Å². The third-order valence-corrected chi connectivity index (χ3v) is 5.70. The predicted molar refractivity (Wildman–Crippen MR) is 124 cm³/mol. The molecule has 1 saturated heterocycles. The molecule has 0 radical (unpaired) electrons. The SMILES string of the molecule is CC(O)c1ccc(Nc2nn(C3(CC#N)CCN(C(=O)OC(C)(C)C)CC3)cc2C(N)=O)cn1. The Morgan fingerprint density at radius 1 is 1.35 bits per heavy atom. The second-order valence-electron chi connectivity index (χ2n) is 9.50. The van der Waals surface area contributed by atoms with Crippen LogP contribution in [0.4, 0.5) is 16.3 Å². The zero-order chi connectivity index (χ0) is 25.1. The number of rotatable bonds is 6. The van der Waals surface area contributed by atoms with Crippen LogP contribution in [-0.4, -0.2) is 55.5 Å². The van der Waals surface area contributed by atoms with Gasteiger partial charge in [-0.25, -0.2) is 4.79 Å². The molecule has 182 valence electrons. The van der Waals surface area contributed by atoms with Crippen LogP contribution in [0, 0.1) is 11.3 Å². The number of aromatic nitrogens is 3. The molecule has 1 unspecified atom stereocenters. The number of ether oxygens (including phenoxy) is 1. The molecule has 1 aliphatic heterocycles. The van der Waals surface area contributed by atoms with Gasteiger partial charge in [-0.3, -0.25) is 14.5 Å². The first-order chi connectivity index (χ1) is 15.9. The lowest BCUT2D eigenvalue weighted by atomic mass is 9.85. The van der Waals surface area contributed by atoms with Gasteiger partial charge in [-0.1, -0.05) is 0 Å². The Labute approximate surface area is 198 Å². The number of nitriles is 1. The molecular weight excluding hydrogens is 438 g/mol. The van der Waals surface area contributed by atoms with Gasteiger partial charge in [0.1, 0.15) is 11.2 Å². The van der Waals surface area contributed by atoms with E-state index in [1.807, 2.05) is 20.8 Å². The number of nitrogens with two attached hydrogens (primary N) is 1. The molecule has 1 fully saturated rings. The predicted octanol–water partition coefficient (Wildman–Crippen LogP) is 2.81. The van der Waals surface area contributed by atoms with E-state index in [2.05, 4.69) is 21.5 Å². The van der Waals surface area contributed by atoms with Gasteiger partial charge >= 0.3 is 6.09 Å². The number of carbonyl (C=O) groups is 2. The van der Waals surface area contributed by atoms with E-state index >= 15 is 0 Å². The Hall–Kier alpha value is -3.65. The molecule has 34 heavy (non-hydrogen) atoms. The summed E-state index contributed by atoms with van der Waals surface area (Å²) in [6.45, 7) is 7.82. The quantitative estimate of drug-likeness (QED) is 0.582. The molecular formula is C23H31N7O4. The molecule has 2 amide bonds. The molecule has 0 aliphatic carbocycles. The fraction of sp³-hybridized carbons (Fsp3) is 0.522. The van der Waals surface area contributed by atoms with Crippen molar-refractivity contribution in [2.45, 2.75) is 64.2 Å². The highest BCUT2D eigenvalue weighted by Crippen LogP contribution is 2.35. The lowest BCUT2D eigenvalue weighted by molar-refractivity contribution is 0.0105. The molecule has 1 aliphatic rings. The third-order valence-electron chi connectivity index (χ3n) is 5.70. The maximum atomic E-state index is 12.5. The van der Waals surface area contributed by atoms with Gasteiger partial charge in [0.15, 0.2) is 5.82 Å². The van der Waals surface area contributed by atoms with Crippen LogP contribution in [0.15, 0.2) is 24.5 Å². The van der Waals surface area contributed by atoms with Crippen LogP contribution in [0.2, 0.25) is 0 Å². The number of hydrogen-bond donors (Lipinski definition) is 3. The average Bonchev–Trinajstić information content (AvgIpc) is 3.18. The second kappa shape index (κ2) is 9.69. The van der Waals surface area contributed by atoms with E-state index in [-0.39, 0.29) is 17.8 Å². The normalized spacial score (nSPS) is 16.4. The molecule has 3 rings (SSSR count). The molecule has 0 aromatic carbocycles. The number of aliphatic hydroxyl groups excluding tert-OH is 1. The molecule has 3 heterocycles. The molecule has 2 aromatic rings. The number of piperidine rings is 1. The topological polar surface area (TPSA) is 159 Å². The molecule has 4 N–H and O–H groups in total. The smallest absolute Gasteiger partial charge is 0.410 e. The highest BCUT2D eigenvalue weighted by atomic mass is 16.6. The summed E-state index contributed by atoms with van der Waals surface area (Å²) in [7, 11) is 0. The van der Waals surface area contributed by atoms with E-state index in [4.69, 9.17) is 10.5 Å². The van der Waals surface area contributed by atoms with Gasteiger partial charge in [-0.2, -0.15) is 10.4 Å². The summed E-state index contributed by atoms with van der Waals surface area (Å²) in [6.07, 6.45) is 3.05. The number of amides is 2. The summed E-state index contributed by atoms with van der Waals surface area (Å²) in [5.74, 6) is -0.424. The van der Waals surface area contributed by atoms with Gasteiger partial charge < -0.3 is 25.8 Å². The van der Waals surface area contributed by atoms with E-state index in [9.17, 15) is 20.0 Å². The molecule has 0 saturated carbocycles. The lowest BCUT2D eigenvalue weighted by Crippen LogP contribution is -2.49. The van der Waals surface area contributed by atoms with Gasteiger partial charge in [0.05, 0.1) is 41.7 Å². The van der Waals surface area contributed by atoms with Gasteiger partial charge in [0.2, 0.25) is 0 Å². The zero-order valence-corrected chi connectivity index (χ0v) is 19.9. The molecule has 0 spiro atoms. The van der Waals surface area contributed by atoms with E-state index in [1.54, 1.807) is 34.8 Å². The van der Waals surface area contributed by atoms with Crippen molar-refractivity contribution in [1.29, 1.82) is 5.26 Å². The first-order valence-corrected chi connectivity index (χ1v) is 11.1. The summed E-state index contributed by atoms with van der Waals surface area (Å²) in [5, 5.41) is 26.8. The summed E-state index contributed by atoms with van der Waals surface area (Å²) in [4.78, 5) is 30.4. The van der Waals surface area contributed by atoms with E-state index in [1.165, 1.54) is 6.20 Å². The van der Waals surface area contributed by atoms with E-state index in [0.717, 1.165) is 0 Å². The van der Waals surface area contributed by atoms with Crippen molar-refractivity contribution in [3.05, 3.63) is 35.8 Å². The number of hydrogen-bond acceptors (Lipinski definition) is 8. The first kappa shape index (κ1) is 25.0. The number of primary amides is 1. The van der Waals surface area contributed by atoms with Crippen molar-refractivity contribution in [1.82, 2.24) is 19.7 Å². The number of carbonyl (C=O) groups excluding carboxylic acids is 2. The number of anilines is 2. The lowest BCUT2D eigenvalue weighted by Gasteiger charge is -2.40. The van der Waals surface area contributed by atoms with Gasteiger partial charge in [0, 0.05) is 19.3 Å². The Kier molecular flexibility index (Phi) is 7.12. The zero-order valence-electron chi connectivity index (χ0n) is 19.9. The molecule has 11 heteroatoms. The third kappa shape index (κ3) is 5.63. The highest BCUT2D eigenvalue weighted by molar-refractivity contribution is 5.98. The molecule has 0 bridgehead atoms. The molecule has 2 aromatic heterocycles. The summed E-state index contributed by atoms with van der Waals surface area (Å²) < 4.78 is 7.08. The van der Waals surface area contributed by atoms with Crippen LogP contribution in [-0.2, 0) is 10.3 Å². The summed E-state index contributed by atoms with van der Waals surface area (Å²) in [6, 6.07) is 5.59.